The van der Waals surface area contributed by atoms with Gasteiger partial charge in [0.25, 0.3) is 0 Å². The first-order chi connectivity index (χ1) is 14.6. The summed E-state index contributed by atoms with van der Waals surface area (Å²) >= 11 is 0. The Kier molecular flexibility index (Phi) is 17.0. The number of aliphatic hydroxyl groups is 4. The first-order valence-corrected chi connectivity index (χ1v) is 12.7. The third kappa shape index (κ3) is 12.0. The van der Waals surface area contributed by atoms with Crippen LogP contribution in [0.3, 0.4) is 0 Å². The van der Waals surface area contributed by atoms with Gasteiger partial charge in [0.1, 0.15) is 30.6 Å². The zero-order valence-corrected chi connectivity index (χ0v) is 19.3. The van der Waals surface area contributed by atoms with E-state index in [4.69, 9.17) is 4.74 Å². The highest BCUT2D eigenvalue weighted by Crippen LogP contribution is 2.20. The zero-order chi connectivity index (χ0) is 22.0. The maximum atomic E-state index is 9.98. The van der Waals surface area contributed by atoms with Crippen LogP contribution in [0.5, 0.6) is 0 Å². The number of nitrogens with one attached hydrogen (secondary N) is 1. The van der Waals surface area contributed by atoms with Crippen molar-refractivity contribution in [1.29, 1.82) is 0 Å². The van der Waals surface area contributed by atoms with Crippen LogP contribution in [-0.4, -0.2) is 64.2 Å². The molecule has 0 aromatic heterocycles. The molecule has 0 amide bonds. The van der Waals surface area contributed by atoms with Gasteiger partial charge in [-0.25, -0.2) is 0 Å². The molecule has 1 rings (SSSR count). The van der Waals surface area contributed by atoms with E-state index in [1.54, 1.807) is 0 Å². The fourth-order valence-corrected chi connectivity index (χ4v) is 4.19. The van der Waals surface area contributed by atoms with Crippen molar-refractivity contribution < 1.29 is 25.2 Å². The van der Waals surface area contributed by atoms with Gasteiger partial charge in [-0.3, -0.25) is 5.32 Å². The predicted octanol–water partition coefficient (Wildman–Crippen LogP) is 3.64. The highest BCUT2D eigenvalue weighted by atomic mass is 16.6. The van der Waals surface area contributed by atoms with Gasteiger partial charge in [0.15, 0.2) is 0 Å². The zero-order valence-electron chi connectivity index (χ0n) is 19.3. The molecule has 1 fully saturated rings. The lowest BCUT2D eigenvalue weighted by molar-refractivity contribution is -0.236. The maximum absolute atomic E-state index is 9.98. The van der Waals surface area contributed by atoms with Crippen LogP contribution in [-0.2, 0) is 4.74 Å². The van der Waals surface area contributed by atoms with E-state index in [1.165, 1.54) is 89.9 Å². The Morgan fingerprint density at radius 3 is 1.47 bits per heavy atom. The van der Waals surface area contributed by atoms with Crippen LogP contribution in [0.15, 0.2) is 0 Å². The van der Waals surface area contributed by atoms with Gasteiger partial charge in [-0.05, 0) is 13.0 Å². The van der Waals surface area contributed by atoms with Gasteiger partial charge in [-0.2, -0.15) is 0 Å². The van der Waals surface area contributed by atoms with Crippen molar-refractivity contribution in [1.82, 2.24) is 5.32 Å². The molecule has 6 heteroatoms. The van der Waals surface area contributed by atoms with Crippen molar-refractivity contribution in [3.8, 4) is 0 Å². The summed E-state index contributed by atoms with van der Waals surface area (Å²) in [5.41, 5.74) is 0. The predicted molar refractivity (Wildman–Crippen MR) is 121 cm³/mol. The molecule has 1 aliphatic heterocycles. The van der Waals surface area contributed by atoms with Crippen LogP contribution in [0.2, 0.25) is 0 Å². The normalized spacial score (nSPS) is 26.9. The molecule has 0 unspecified atom stereocenters. The molecule has 1 aliphatic rings. The fraction of sp³-hybridized carbons (Fsp3) is 1.00. The first kappa shape index (κ1) is 27.8. The average Bonchev–Trinajstić information content (AvgIpc) is 2.75. The van der Waals surface area contributed by atoms with Crippen molar-refractivity contribution in [2.45, 2.75) is 140 Å². The molecule has 1 saturated heterocycles. The molecule has 5 atom stereocenters. The summed E-state index contributed by atoms with van der Waals surface area (Å²) in [4.78, 5) is 0. The van der Waals surface area contributed by atoms with Crippen LogP contribution < -0.4 is 5.32 Å². The van der Waals surface area contributed by atoms with E-state index in [9.17, 15) is 20.4 Å². The monoisotopic (exact) mass is 431 g/mol. The molecule has 0 bridgehead atoms. The molecule has 180 valence electrons. The largest absolute Gasteiger partial charge is 0.394 e. The number of hydrogen-bond donors (Lipinski definition) is 5. The topological polar surface area (TPSA) is 102 Å². The summed E-state index contributed by atoms with van der Waals surface area (Å²) < 4.78 is 5.44. The second kappa shape index (κ2) is 18.3. The van der Waals surface area contributed by atoms with Crippen molar-refractivity contribution in [3.05, 3.63) is 0 Å². The molecule has 1 heterocycles. The van der Waals surface area contributed by atoms with E-state index in [0.717, 1.165) is 12.8 Å². The van der Waals surface area contributed by atoms with Crippen LogP contribution >= 0.6 is 0 Å². The van der Waals surface area contributed by atoms with Gasteiger partial charge < -0.3 is 25.2 Å². The molecule has 30 heavy (non-hydrogen) atoms. The van der Waals surface area contributed by atoms with Crippen molar-refractivity contribution >= 4 is 0 Å². The summed E-state index contributed by atoms with van der Waals surface area (Å²) in [5, 5.41) is 41.8. The second-order valence-electron chi connectivity index (χ2n) is 9.01. The Labute approximate surface area is 184 Å². The molecule has 0 aromatic carbocycles. The number of rotatable bonds is 19. The molecule has 5 N–H and O–H groups in total. The van der Waals surface area contributed by atoms with E-state index in [0.29, 0.717) is 6.54 Å². The Hall–Kier alpha value is -0.240. The maximum Gasteiger partial charge on any atom is 0.137 e. The minimum Gasteiger partial charge on any atom is -0.394 e. The lowest BCUT2D eigenvalue weighted by Gasteiger charge is -2.40. The first-order valence-electron chi connectivity index (χ1n) is 12.7. The second-order valence-corrected chi connectivity index (χ2v) is 9.01. The molecular formula is C24H49NO5. The Morgan fingerprint density at radius 1 is 0.600 bits per heavy atom. The average molecular weight is 432 g/mol. The van der Waals surface area contributed by atoms with E-state index in [-0.39, 0.29) is 6.61 Å². The molecule has 0 aliphatic carbocycles. The lowest BCUT2D eigenvalue weighted by atomic mass is 9.98. The SMILES string of the molecule is CCCCCCCCCCCCCCCCCCN[C@@H]1O[C@H](CO)[C@H](O)[C@H](O)[C@H]1O. The van der Waals surface area contributed by atoms with Gasteiger partial charge >= 0.3 is 0 Å². The van der Waals surface area contributed by atoms with Gasteiger partial charge in [0.05, 0.1) is 6.61 Å². The van der Waals surface area contributed by atoms with E-state index in [1.807, 2.05) is 0 Å². The number of unbranched alkanes of at least 4 members (excludes halogenated alkanes) is 15. The molecular weight excluding hydrogens is 382 g/mol. The highest BCUT2D eigenvalue weighted by molar-refractivity contribution is 4.90. The number of hydrogen-bond acceptors (Lipinski definition) is 6. The number of ether oxygens (including phenoxy) is 1. The standard InChI is InChI=1S/C24H49NO5/c1-2-3-4-5-6-7-8-9-10-11-12-13-14-15-16-17-18-25-24-23(29)22(28)21(27)20(19-26)30-24/h20-29H,2-19H2,1H3/t20-,21+,22+,23-,24-/m1/s1. The summed E-state index contributed by atoms with van der Waals surface area (Å²) in [7, 11) is 0. The van der Waals surface area contributed by atoms with Gasteiger partial charge in [0.2, 0.25) is 0 Å². The van der Waals surface area contributed by atoms with Crippen molar-refractivity contribution in [3.63, 3.8) is 0 Å². The molecule has 0 radical (unpaired) electrons. The minimum atomic E-state index is -1.31. The Bertz CT molecular complexity index is 383. The van der Waals surface area contributed by atoms with Crippen molar-refractivity contribution in [2.75, 3.05) is 13.2 Å². The van der Waals surface area contributed by atoms with Crippen LogP contribution in [0.25, 0.3) is 0 Å². The van der Waals surface area contributed by atoms with Crippen LogP contribution in [0.4, 0.5) is 0 Å². The highest BCUT2D eigenvalue weighted by Gasteiger charge is 2.42. The minimum absolute atomic E-state index is 0.387. The fourth-order valence-electron chi connectivity index (χ4n) is 4.19. The molecule has 0 saturated carbocycles. The Morgan fingerprint density at radius 2 is 1.03 bits per heavy atom. The van der Waals surface area contributed by atoms with E-state index in [2.05, 4.69) is 12.2 Å². The Balaban J connectivity index is 1.85. The summed E-state index contributed by atoms with van der Waals surface area (Å²) in [5.74, 6) is 0. The van der Waals surface area contributed by atoms with Gasteiger partial charge in [-0.15, -0.1) is 0 Å². The summed E-state index contributed by atoms with van der Waals surface area (Å²) in [6.45, 7) is 2.56. The van der Waals surface area contributed by atoms with Crippen molar-refractivity contribution in [2.24, 2.45) is 0 Å². The third-order valence-electron chi connectivity index (χ3n) is 6.27. The smallest absolute Gasteiger partial charge is 0.137 e. The summed E-state index contributed by atoms with van der Waals surface area (Å²) in [6, 6.07) is 0. The van der Waals surface area contributed by atoms with Gasteiger partial charge in [-0.1, -0.05) is 103 Å². The lowest BCUT2D eigenvalue weighted by Crippen LogP contribution is -2.62. The van der Waals surface area contributed by atoms with E-state index < -0.39 is 30.6 Å². The third-order valence-corrected chi connectivity index (χ3v) is 6.27. The molecule has 6 nitrogen and oxygen atoms in total. The van der Waals surface area contributed by atoms with Crippen LogP contribution in [0, 0.1) is 0 Å². The summed E-state index contributed by atoms with van der Waals surface area (Å²) in [6.07, 6.45) is 15.9. The quantitative estimate of drug-likeness (QED) is 0.200. The number of aliphatic hydroxyl groups excluding tert-OH is 4. The van der Waals surface area contributed by atoms with E-state index >= 15 is 0 Å². The molecule has 0 aromatic rings. The van der Waals surface area contributed by atoms with Crippen LogP contribution in [0.1, 0.15) is 110 Å². The van der Waals surface area contributed by atoms with Gasteiger partial charge in [0, 0.05) is 0 Å². The molecule has 0 spiro atoms.